The first-order chi connectivity index (χ1) is 14.2. The Morgan fingerprint density at radius 3 is 2.53 bits per heavy atom. The molecule has 1 aromatic carbocycles. The van der Waals surface area contributed by atoms with Crippen molar-refractivity contribution in [2.24, 2.45) is 5.92 Å². The Hall–Kier alpha value is -1.78. The van der Waals surface area contributed by atoms with Crippen LogP contribution in [0, 0.1) is 5.92 Å². The van der Waals surface area contributed by atoms with E-state index >= 15 is 0 Å². The average molecular weight is 432 g/mol. The minimum Gasteiger partial charge on any atom is -0.469 e. The van der Waals surface area contributed by atoms with Gasteiger partial charge in [0.1, 0.15) is 5.76 Å². The number of rotatable bonds is 8. The van der Waals surface area contributed by atoms with Crippen molar-refractivity contribution < 1.29 is 13.9 Å². The molecule has 30 heavy (non-hydrogen) atoms. The molecule has 0 spiro atoms. The molecule has 1 aliphatic heterocycles. The molecule has 1 aliphatic rings. The van der Waals surface area contributed by atoms with Crippen molar-refractivity contribution in [2.75, 3.05) is 13.2 Å². The molecule has 0 saturated carbocycles. The van der Waals surface area contributed by atoms with Crippen molar-refractivity contribution in [2.45, 2.75) is 70.3 Å². The molecule has 5 heteroatoms. The van der Waals surface area contributed by atoms with Crippen LogP contribution in [-0.2, 0) is 14.9 Å². The van der Waals surface area contributed by atoms with Gasteiger partial charge in [0.2, 0.25) is 5.91 Å². The first-order valence-electron chi connectivity index (χ1n) is 10.9. The summed E-state index contributed by atoms with van der Waals surface area (Å²) in [4.78, 5) is 13.0. The van der Waals surface area contributed by atoms with E-state index in [-0.39, 0.29) is 16.9 Å². The summed E-state index contributed by atoms with van der Waals surface area (Å²) >= 11 is 6.11. The lowest BCUT2D eigenvalue weighted by Gasteiger charge is -2.45. The van der Waals surface area contributed by atoms with Gasteiger partial charge in [0.25, 0.3) is 0 Å². The second kappa shape index (κ2) is 9.57. The van der Waals surface area contributed by atoms with Gasteiger partial charge >= 0.3 is 0 Å². The van der Waals surface area contributed by atoms with E-state index in [2.05, 4.69) is 45.1 Å². The van der Waals surface area contributed by atoms with Gasteiger partial charge in [0, 0.05) is 35.9 Å². The smallest absolute Gasteiger partial charge is 0.220 e. The number of hydrogen-bond donors (Lipinski definition) is 1. The number of benzene rings is 1. The number of amides is 1. The molecule has 1 fully saturated rings. The quantitative estimate of drug-likeness (QED) is 0.549. The Morgan fingerprint density at radius 1 is 1.20 bits per heavy atom. The first-order valence-corrected chi connectivity index (χ1v) is 11.3. The maximum absolute atomic E-state index is 13.0. The van der Waals surface area contributed by atoms with Crippen LogP contribution >= 0.6 is 11.6 Å². The van der Waals surface area contributed by atoms with E-state index in [0.29, 0.717) is 36.4 Å². The number of carbonyl (C=O) groups excluding carboxylic acids is 1. The highest BCUT2D eigenvalue weighted by atomic mass is 35.5. The molecule has 1 saturated heterocycles. The van der Waals surface area contributed by atoms with Crippen molar-refractivity contribution in [1.29, 1.82) is 0 Å². The van der Waals surface area contributed by atoms with Gasteiger partial charge in [0.05, 0.1) is 11.9 Å². The van der Waals surface area contributed by atoms with E-state index in [0.717, 1.165) is 30.6 Å². The lowest BCUT2D eigenvalue weighted by atomic mass is 9.67. The summed E-state index contributed by atoms with van der Waals surface area (Å²) in [6.45, 7) is 9.87. The predicted octanol–water partition coefficient (Wildman–Crippen LogP) is 6.10. The van der Waals surface area contributed by atoms with Crippen molar-refractivity contribution in [3.63, 3.8) is 0 Å². The molecule has 2 unspecified atom stereocenters. The van der Waals surface area contributed by atoms with E-state index in [1.165, 1.54) is 0 Å². The zero-order valence-corrected chi connectivity index (χ0v) is 19.3. The molecule has 1 aromatic heterocycles. The molecule has 0 bridgehead atoms. The Labute approximate surface area is 185 Å². The van der Waals surface area contributed by atoms with Crippen LogP contribution in [0.25, 0.3) is 0 Å². The topological polar surface area (TPSA) is 51.5 Å². The first kappa shape index (κ1) is 22.9. The zero-order valence-electron chi connectivity index (χ0n) is 18.5. The second-order valence-corrected chi connectivity index (χ2v) is 9.94. The molecule has 0 radical (unpaired) electrons. The van der Waals surface area contributed by atoms with E-state index in [1.807, 2.05) is 24.3 Å². The van der Waals surface area contributed by atoms with E-state index in [1.54, 1.807) is 6.26 Å². The van der Waals surface area contributed by atoms with Crippen LogP contribution in [0.4, 0.5) is 0 Å². The summed E-state index contributed by atoms with van der Waals surface area (Å²) in [7, 11) is 0. The van der Waals surface area contributed by atoms with Crippen LogP contribution in [0.3, 0.4) is 0 Å². The Kier molecular flexibility index (Phi) is 7.30. The molecule has 1 amide bonds. The van der Waals surface area contributed by atoms with Crippen molar-refractivity contribution >= 4 is 17.5 Å². The van der Waals surface area contributed by atoms with Crippen LogP contribution in [0.1, 0.15) is 70.6 Å². The molecule has 1 N–H and O–H groups in total. The minimum atomic E-state index is -0.264. The van der Waals surface area contributed by atoms with Crippen LogP contribution in [0.15, 0.2) is 47.1 Å². The lowest BCUT2D eigenvalue weighted by molar-refractivity contribution is -0.126. The Bertz CT molecular complexity index is 813. The third kappa shape index (κ3) is 5.67. The van der Waals surface area contributed by atoms with Crippen LogP contribution in [0.2, 0.25) is 5.02 Å². The van der Waals surface area contributed by atoms with Gasteiger partial charge in [-0.3, -0.25) is 4.79 Å². The predicted molar refractivity (Wildman–Crippen MR) is 121 cm³/mol. The summed E-state index contributed by atoms with van der Waals surface area (Å²) in [5.41, 5.74) is 0.656. The largest absolute Gasteiger partial charge is 0.469 e. The summed E-state index contributed by atoms with van der Waals surface area (Å²) in [6.07, 6.45) is 4.66. The van der Waals surface area contributed by atoms with Gasteiger partial charge in [-0.1, -0.05) is 37.6 Å². The SMILES string of the molecule is CC(C)C(CCNC(=O)CC1(c2ccc(Cl)cc2)CCOC(C)(C)C1)c1ccco1. The molecule has 0 aliphatic carbocycles. The fourth-order valence-corrected chi connectivity index (χ4v) is 4.95. The highest BCUT2D eigenvalue weighted by Gasteiger charge is 2.43. The fourth-order valence-electron chi connectivity index (χ4n) is 4.82. The van der Waals surface area contributed by atoms with Crippen LogP contribution < -0.4 is 5.32 Å². The summed E-state index contributed by atoms with van der Waals surface area (Å²) in [5.74, 6) is 1.82. The number of carbonyl (C=O) groups is 1. The monoisotopic (exact) mass is 431 g/mol. The summed E-state index contributed by atoms with van der Waals surface area (Å²) < 4.78 is 11.6. The Morgan fingerprint density at radius 2 is 1.93 bits per heavy atom. The molecule has 2 heterocycles. The normalized spacial score (nSPS) is 22.1. The van der Waals surface area contributed by atoms with Gasteiger partial charge in [-0.05, 0) is 68.9 Å². The number of furan rings is 1. The molecule has 3 rings (SSSR count). The van der Waals surface area contributed by atoms with E-state index < -0.39 is 0 Å². The van der Waals surface area contributed by atoms with Gasteiger partial charge in [-0.15, -0.1) is 0 Å². The van der Waals surface area contributed by atoms with Crippen molar-refractivity contribution in [3.05, 3.63) is 59.0 Å². The lowest BCUT2D eigenvalue weighted by Crippen LogP contribution is -2.46. The summed E-state index contributed by atoms with van der Waals surface area (Å²) in [5, 5.41) is 3.87. The van der Waals surface area contributed by atoms with Gasteiger partial charge in [-0.2, -0.15) is 0 Å². The molecule has 164 valence electrons. The fraction of sp³-hybridized carbons (Fsp3) is 0.560. The molecule has 2 atom stereocenters. The summed E-state index contributed by atoms with van der Waals surface area (Å²) in [6, 6.07) is 11.9. The molecule has 4 nitrogen and oxygen atoms in total. The van der Waals surface area contributed by atoms with Gasteiger partial charge in [-0.25, -0.2) is 0 Å². The molecular weight excluding hydrogens is 398 g/mol. The van der Waals surface area contributed by atoms with Gasteiger partial charge < -0.3 is 14.5 Å². The number of nitrogens with one attached hydrogen (secondary N) is 1. The number of hydrogen-bond acceptors (Lipinski definition) is 3. The maximum atomic E-state index is 13.0. The molecule has 2 aromatic rings. The third-order valence-corrected chi connectivity index (χ3v) is 6.54. The molecular formula is C25H34ClNO3. The van der Waals surface area contributed by atoms with E-state index in [4.69, 9.17) is 20.8 Å². The van der Waals surface area contributed by atoms with Crippen LogP contribution in [0.5, 0.6) is 0 Å². The zero-order chi connectivity index (χ0) is 21.8. The minimum absolute atomic E-state index is 0.0876. The van der Waals surface area contributed by atoms with Crippen molar-refractivity contribution in [3.8, 4) is 0 Å². The third-order valence-electron chi connectivity index (χ3n) is 6.28. The van der Waals surface area contributed by atoms with Crippen molar-refractivity contribution in [1.82, 2.24) is 5.32 Å². The average Bonchev–Trinajstić information content (AvgIpc) is 3.18. The highest BCUT2D eigenvalue weighted by molar-refractivity contribution is 6.30. The van der Waals surface area contributed by atoms with Crippen LogP contribution in [-0.4, -0.2) is 24.7 Å². The Balaban J connectivity index is 1.67. The standard InChI is InChI=1S/C25H34ClNO3/c1-18(2)21(22-6-5-14-29-22)11-13-27-23(28)16-25(12-15-30-24(3,4)17-25)19-7-9-20(26)10-8-19/h5-10,14,18,21H,11-13,15-17H2,1-4H3,(H,27,28). The van der Waals surface area contributed by atoms with Gasteiger partial charge in [0.15, 0.2) is 0 Å². The number of halogens is 1. The highest BCUT2D eigenvalue weighted by Crippen LogP contribution is 2.44. The second-order valence-electron chi connectivity index (χ2n) is 9.50. The van der Waals surface area contributed by atoms with E-state index in [9.17, 15) is 4.79 Å². The maximum Gasteiger partial charge on any atom is 0.220 e. The number of ether oxygens (including phenoxy) is 1.